The summed E-state index contributed by atoms with van der Waals surface area (Å²) in [6.45, 7) is 6.43. The largest absolute Gasteiger partial charge is 0.316 e. The first kappa shape index (κ1) is 8.69. The summed E-state index contributed by atoms with van der Waals surface area (Å²) in [4.78, 5) is 4.45. The minimum atomic E-state index is 0.497. The van der Waals surface area contributed by atoms with Gasteiger partial charge in [0.2, 0.25) is 0 Å². The molecule has 1 aliphatic heterocycles. The SMILES string of the molecule is CCc1nc([C@@H]2CNC[C@H]2C)n[nH]1. The first-order valence-corrected chi connectivity index (χ1v) is 4.93. The van der Waals surface area contributed by atoms with E-state index >= 15 is 0 Å². The second-order valence-electron chi connectivity index (χ2n) is 3.74. The van der Waals surface area contributed by atoms with E-state index in [0.717, 1.165) is 31.2 Å². The molecule has 2 N–H and O–H groups in total. The number of H-pyrrole nitrogens is 1. The molecule has 2 heterocycles. The van der Waals surface area contributed by atoms with Crippen molar-refractivity contribution in [1.29, 1.82) is 0 Å². The normalized spacial score (nSPS) is 28.2. The highest BCUT2D eigenvalue weighted by atomic mass is 15.2. The van der Waals surface area contributed by atoms with Crippen LogP contribution in [0.25, 0.3) is 0 Å². The molecule has 2 rings (SSSR count). The van der Waals surface area contributed by atoms with E-state index in [0.29, 0.717) is 11.8 Å². The third kappa shape index (κ3) is 1.58. The van der Waals surface area contributed by atoms with Gasteiger partial charge in [0.05, 0.1) is 0 Å². The van der Waals surface area contributed by atoms with Crippen LogP contribution in [0.3, 0.4) is 0 Å². The van der Waals surface area contributed by atoms with Gasteiger partial charge in [-0.1, -0.05) is 13.8 Å². The second-order valence-corrected chi connectivity index (χ2v) is 3.74. The number of nitrogens with zero attached hydrogens (tertiary/aromatic N) is 2. The van der Waals surface area contributed by atoms with Gasteiger partial charge in [0.1, 0.15) is 5.82 Å². The van der Waals surface area contributed by atoms with Crippen LogP contribution < -0.4 is 5.32 Å². The Bertz CT molecular complexity index is 281. The van der Waals surface area contributed by atoms with Crippen molar-refractivity contribution in [1.82, 2.24) is 20.5 Å². The van der Waals surface area contributed by atoms with Crippen molar-refractivity contribution >= 4 is 0 Å². The van der Waals surface area contributed by atoms with Gasteiger partial charge in [-0.25, -0.2) is 4.98 Å². The van der Waals surface area contributed by atoms with Crippen LogP contribution in [0.15, 0.2) is 0 Å². The van der Waals surface area contributed by atoms with Gasteiger partial charge < -0.3 is 5.32 Å². The Morgan fingerprint density at radius 3 is 2.85 bits per heavy atom. The first-order valence-electron chi connectivity index (χ1n) is 4.93. The summed E-state index contributed by atoms with van der Waals surface area (Å²) in [6.07, 6.45) is 0.932. The van der Waals surface area contributed by atoms with E-state index in [4.69, 9.17) is 0 Å². The van der Waals surface area contributed by atoms with Crippen molar-refractivity contribution < 1.29 is 0 Å². The van der Waals surface area contributed by atoms with Crippen molar-refractivity contribution in [3.8, 4) is 0 Å². The molecule has 13 heavy (non-hydrogen) atoms. The molecule has 1 aliphatic rings. The summed E-state index contributed by atoms with van der Waals surface area (Å²) in [5, 5.41) is 10.6. The fraction of sp³-hybridized carbons (Fsp3) is 0.778. The molecule has 0 spiro atoms. The van der Waals surface area contributed by atoms with Gasteiger partial charge in [-0.2, -0.15) is 5.10 Å². The summed E-state index contributed by atoms with van der Waals surface area (Å²) < 4.78 is 0. The lowest BCUT2D eigenvalue weighted by Crippen LogP contribution is -2.09. The Morgan fingerprint density at radius 1 is 1.46 bits per heavy atom. The van der Waals surface area contributed by atoms with E-state index in [1.165, 1.54) is 0 Å². The molecular formula is C9H16N4. The molecule has 0 saturated carbocycles. The van der Waals surface area contributed by atoms with Crippen molar-refractivity contribution in [2.24, 2.45) is 5.92 Å². The first-order chi connectivity index (χ1) is 6.31. The fourth-order valence-electron chi connectivity index (χ4n) is 1.79. The lowest BCUT2D eigenvalue weighted by molar-refractivity contribution is 0.547. The highest BCUT2D eigenvalue weighted by Crippen LogP contribution is 2.24. The zero-order valence-corrected chi connectivity index (χ0v) is 8.17. The van der Waals surface area contributed by atoms with E-state index in [2.05, 4.69) is 34.3 Å². The average Bonchev–Trinajstić information content (AvgIpc) is 2.71. The molecule has 0 bridgehead atoms. The monoisotopic (exact) mass is 180 g/mol. The molecule has 4 nitrogen and oxygen atoms in total. The molecule has 0 aliphatic carbocycles. The molecule has 0 aromatic carbocycles. The van der Waals surface area contributed by atoms with Crippen molar-refractivity contribution in [3.05, 3.63) is 11.6 Å². The minimum absolute atomic E-state index is 0.497. The van der Waals surface area contributed by atoms with Crippen LogP contribution in [0, 0.1) is 5.92 Å². The minimum Gasteiger partial charge on any atom is -0.316 e. The fourth-order valence-corrected chi connectivity index (χ4v) is 1.79. The zero-order valence-electron chi connectivity index (χ0n) is 8.17. The Balaban J connectivity index is 2.15. The van der Waals surface area contributed by atoms with E-state index in [-0.39, 0.29) is 0 Å². The van der Waals surface area contributed by atoms with E-state index in [9.17, 15) is 0 Å². The van der Waals surface area contributed by atoms with E-state index in [1.807, 2.05) is 0 Å². The standard InChI is InChI=1S/C9H16N4/c1-3-8-11-9(13-12-8)7-5-10-4-6(7)2/h6-7,10H,3-5H2,1-2H3,(H,11,12,13)/t6-,7-/m1/s1. The predicted octanol–water partition coefficient (Wildman–Crippen LogP) is 0.690. The Hall–Kier alpha value is -0.900. The molecule has 1 fully saturated rings. The summed E-state index contributed by atoms with van der Waals surface area (Å²) in [5.41, 5.74) is 0. The highest BCUT2D eigenvalue weighted by molar-refractivity contribution is 5.03. The molecule has 0 radical (unpaired) electrons. The van der Waals surface area contributed by atoms with Crippen molar-refractivity contribution in [2.75, 3.05) is 13.1 Å². The molecule has 1 aromatic rings. The van der Waals surface area contributed by atoms with Crippen LogP contribution in [0.1, 0.15) is 31.4 Å². The van der Waals surface area contributed by atoms with E-state index < -0.39 is 0 Å². The summed E-state index contributed by atoms with van der Waals surface area (Å²) >= 11 is 0. The zero-order chi connectivity index (χ0) is 9.26. The lowest BCUT2D eigenvalue weighted by atomic mass is 9.98. The maximum Gasteiger partial charge on any atom is 0.155 e. The molecule has 2 atom stereocenters. The number of aromatic nitrogens is 3. The van der Waals surface area contributed by atoms with Gasteiger partial charge >= 0.3 is 0 Å². The molecule has 0 unspecified atom stereocenters. The Kier molecular flexibility index (Phi) is 2.31. The van der Waals surface area contributed by atoms with Gasteiger partial charge in [0.15, 0.2) is 5.82 Å². The number of rotatable bonds is 2. The Labute approximate surface area is 78.1 Å². The van der Waals surface area contributed by atoms with Crippen molar-refractivity contribution in [2.45, 2.75) is 26.2 Å². The number of aromatic amines is 1. The van der Waals surface area contributed by atoms with Crippen molar-refractivity contribution in [3.63, 3.8) is 0 Å². The maximum atomic E-state index is 4.45. The second kappa shape index (κ2) is 3.46. The van der Waals surface area contributed by atoms with Gasteiger partial charge in [0.25, 0.3) is 0 Å². The number of hydrogen-bond acceptors (Lipinski definition) is 3. The van der Waals surface area contributed by atoms with Crippen LogP contribution in [0.4, 0.5) is 0 Å². The quantitative estimate of drug-likeness (QED) is 0.704. The molecule has 72 valence electrons. The summed E-state index contributed by atoms with van der Waals surface area (Å²) in [5.74, 6) is 3.13. The highest BCUT2D eigenvalue weighted by Gasteiger charge is 2.27. The molecule has 1 saturated heterocycles. The summed E-state index contributed by atoms with van der Waals surface area (Å²) in [6, 6.07) is 0. The van der Waals surface area contributed by atoms with Crippen LogP contribution in [0.2, 0.25) is 0 Å². The number of hydrogen-bond donors (Lipinski definition) is 2. The third-order valence-electron chi connectivity index (χ3n) is 2.73. The van der Waals surface area contributed by atoms with Gasteiger partial charge in [0, 0.05) is 18.9 Å². The molecule has 1 aromatic heterocycles. The van der Waals surface area contributed by atoms with E-state index in [1.54, 1.807) is 0 Å². The number of aryl methyl sites for hydroxylation is 1. The van der Waals surface area contributed by atoms with Gasteiger partial charge in [-0.3, -0.25) is 5.10 Å². The topological polar surface area (TPSA) is 53.6 Å². The molecule has 4 heteroatoms. The predicted molar refractivity (Wildman–Crippen MR) is 50.5 cm³/mol. The maximum absolute atomic E-state index is 4.45. The van der Waals surface area contributed by atoms with Crippen LogP contribution >= 0.6 is 0 Å². The molecular weight excluding hydrogens is 164 g/mol. The third-order valence-corrected chi connectivity index (χ3v) is 2.73. The molecule has 0 amide bonds. The number of nitrogens with one attached hydrogen (secondary N) is 2. The average molecular weight is 180 g/mol. The van der Waals surface area contributed by atoms with Gasteiger partial charge in [-0.15, -0.1) is 0 Å². The van der Waals surface area contributed by atoms with Gasteiger partial charge in [-0.05, 0) is 12.5 Å². The van der Waals surface area contributed by atoms with Crippen LogP contribution in [-0.2, 0) is 6.42 Å². The Morgan fingerprint density at radius 2 is 2.31 bits per heavy atom. The summed E-state index contributed by atoms with van der Waals surface area (Å²) in [7, 11) is 0. The van der Waals surface area contributed by atoms with Crippen LogP contribution in [-0.4, -0.2) is 28.3 Å². The smallest absolute Gasteiger partial charge is 0.155 e. The van der Waals surface area contributed by atoms with Crippen LogP contribution in [0.5, 0.6) is 0 Å². The lowest BCUT2D eigenvalue weighted by Gasteiger charge is -2.08.